The number of para-hydroxylation sites is 3. The zero-order valence-corrected chi connectivity index (χ0v) is 11.9. The van der Waals surface area contributed by atoms with E-state index in [2.05, 4.69) is 15.6 Å². The lowest BCUT2D eigenvalue weighted by Gasteiger charge is -2.08. The van der Waals surface area contributed by atoms with Crippen molar-refractivity contribution in [2.45, 2.75) is 0 Å². The number of carbonyl (C=O) groups excluding carboxylic acids is 1. The molecule has 0 spiro atoms. The molecule has 0 saturated carbocycles. The molecule has 3 aromatic rings. The molecule has 0 unspecified atom stereocenters. The van der Waals surface area contributed by atoms with Crippen LogP contribution in [0.5, 0.6) is 5.75 Å². The van der Waals surface area contributed by atoms with Crippen LogP contribution in [0, 0.1) is 0 Å². The van der Waals surface area contributed by atoms with Crippen molar-refractivity contribution in [3.8, 4) is 11.4 Å². The third-order valence-corrected chi connectivity index (χ3v) is 3.10. The van der Waals surface area contributed by atoms with Gasteiger partial charge in [0.25, 0.3) is 5.91 Å². The number of amides is 1. The number of benzene rings is 2. The molecule has 0 atom stereocenters. The predicted octanol–water partition coefficient (Wildman–Crippen LogP) is 2.53. The van der Waals surface area contributed by atoms with Gasteiger partial charge in [-0.25, -0.2) is 4.68 Å². The van der Waals surface area contributed by atoms with Gasteiger partial charge in [-0.3, -0.25) is 4.79 Å². The van der Waals surface area contributed by atoms with Gasteiger partial charge in [-0.15, -0.1) is 5.10 Å². The Balaban J connectivity index is 1.80. The fraction of sp³-hybridized carbons (Fsp3) is 0.0625. The number of carbonyl (C=O) groups is 1. The Morgan fingerprint density at radius 3 is 2.59 bits per heavy atom. The van der Waals surface area contributed by atoms with Gasteiger partial charge in [0.15, 0.2) is 5.69 Å². The van der Waals surface area contributed by atoms with Crippen LogP contribution in [-0.2, 0) is 0 Å². The zero-order chi connectivity index (χ0) is 15.4. The molecular weight excluding hydrogens is 280 g/mol. The van der Waals surface area contributed by atoms with Crippen LogP contribution in [0.1, 0.15) is 10.5 Å². The molecule has 0 radical (unpaired) electrons. The van der Waals surface area contributed by atoms with Crippen molar-refractivity contribution in [3.63, 3.8) is 0 Å². The topological polar surface area (TPSA) is 69.0 Å². The first-order valence-electron chi connectivity index (χ1n) is 6.70. The number of methoxy groups -OCH3 is 1. The Labute approximate surface area is 127 Å². The van der Waals surface area contributed by atoms with E-state index in [0.717, 1.165) is 5.69 Å². The maximum atomic E-state index is 12.2. The molecule has 22 heavy (non-hydrogen) atoms. The fourth-order valence-corrected chi connectivity index (χ4v) is 2.01. The van der Waals surface area contributed by atoms with Gasteiger partial charge in [-0.05, 0) is 24.3 Å². The van der Waals surface area contributed by atoms with Gasteiger partial charge in [-0.1, -0.05) is 35.5 Å². The summed E-state index contributed by atoms with van der Waals surface area (Å²) >= 11 is 0. The minimum absolute atomic E-state index is 0.231. The first kappa shape index (κ1) is 13.8. The molecule has 1 amide bonds. The first-order chi connectivity index (χ1) is 10.8. The van der Waals surface area contributed by atoms with Crippen molar-refractivity contribution < 1.29 is 9.53 Å². The summed E-state index contributed by atoms with van der Waals surface area (Å²) in [6.07, 6.45) is 1.58. The summed E-state index contributed by atoms with van der Waals surface area (Å²) in [5, 5.41) is 10.6. The molecule has 0 saturated heterocycles. The van der Waals surface area contributed by atoms with Crippen LogP contribution in [0.15, 0.2) is 60.8 Å². The highest BCUT2D eigenvalue weighted by atomic mass is 16.5. The molecule has 6 heteroatoms. The van der Waals surface area contributed by atoms with Crippen molar-refractivity contribution in [2.75, 3.05) is 12.4 Å². The van der Waals surface area contributed by atoms with E-state index < -0.39 is 0 Å². The van der Waals surface area contributed by atoms with E-state index in [4.69, 9.17) is 4.74 Å². The summed E-state index contributed by atoms with van der Waals surface area (Å²) in [7, 11) is 1.55. The van der Waals surface area contributed by atoms with E-state index in [-0.39, 0.29) is 11.6 Å². The molecule has 1 heterocycles. The Hall–Kier alpha value is -3.15. The zero-order valence-electron chi connectivity index (χ0n) is 11.9. The second-order valence-electron chi connectivity index (χ2n) is 4.54. The highest BCUT2D eigenvalue weighted by molar-refractivity contribution is 6.03. The average Bonchev–Trinajstić information content (AvgIpc) is 3.06. The van der Waals surface area contributed by atoms with Crippen molar-refractivity contribution in [3.05, 3.63) is 66.5 Å². The Morgan fingerprint density at radius 2 is 1.82 bits per heavy atom. The first-order valence-corrected chi connectivity index (χ1v) is 6.70. The molecule has 3 rings (SSSR count). The second-order valence-corrected chi connectivity index (χ2v) is 4.54. The van der Waals surface area contributed by atoms with E-state index in [9.17, 15) is 4.79 Å². The Bertz CT molecular complexity index is 784. The summed E-state index contributed by atoms with van der Waals surface area (Å²) in [6, 6.07) is 16.7. The van der Waals surface area contributed by atoms with Gasteiger partial charge in [0.2, 0.25) is 0 Å². The van der Waals surface area contributed by atoms with Gasteiger partial charge in [-0.2, -0.15) is 0 Å². The molecule has 0 aliphatic rings. The second kappa shape index (κ2) is 6.09. The van der Waals surface area contributed by atoms with E-state index >= 15 is 0 Å². The van der Waals surface area contributed by atoms with Gasteiger partial charge in [0.1, 0.15) is 5.75 Å². The van der Waals surface area contributed by atoms with Crippen LogP contribution in [0.25, 0.3) is 5.69 Å². The molecule has 1 aromatic heterocycles. The highest BCUT2D eigenvalue weighted by Gasteiger charge is 2.13. The molecule has 2 aromatic carbocycles. The molecule has 0 aliphatic heterocycles. The van der Waals surface area contributed by atoms with E-state index in [1.807, 2.05) is 42.5 Å². The lowest BCUT2D eigenvalue weighted by molar-refractivity contribution is 0.102. The molecule has 0 aliphatic carbocycles. The van der Waals surface area contributed by atoms with Gasteiger partial charge in [0.05, 0.1) is 24.7 Å². The number of anilines is 1. The van der Waals surface area contributed by atoms with Crippen molar-refractivity contribution >= 4 is 11.6 Å². The summed E-state index contributed by atoms with van der Waals surface area (Å²) in [4.78, 5) is 12.2. The summed E-state index contributed by atoms with van der Waals surface area (Å²) in [6.45, 7) is 0. The standard InChI is InChI=1S/C16H14N4O2/c1-22-15-10-6-5-9-13(15)17-16(21)14-11-20(19-18-14)12-7-3-2-4-8-12/h2-11H,1H3,(H,17,21). The number of hydrogen-bond donors (Lipinski definition) is 1. The maximum absolute atomic E-state index is 12.2. The van der Waals surface area contributed by atoms with E-state index in [1.165, 1.54) is 0 Å². The van der Waals surface area contributed by atoms with Crippen LogP contribution in [0.2, 0.25) is 0 Å². The number of ether oxygens (including phenoxy) is 1. The molecular formula is C16H14N4O2. The van der Waals surface area contributed by atoms with Crippen LogP contribution < -0.4 is 10.1 Å². The number of nitrogens with one attached hydrogen (secondary N) is 1. The van der Waals surface area contributed by atoms with Gasteiger partial charge in [0, 0.05) is 0 Å². The van der Waals surface area contributed by atoms with E-state index in [0.29, 0.717) is 11.4 Å². The minimum atomic E-state index is -0.341. The number of hydrogen-bond acceptors (Lipinski definition) is 4. The molecule has 6 nitrogen and oxygen atoms in total. The smallest absolute Gasteiger partial charge is 0.277 e. The quantitative estimate of drug-likeness (QED) is 0.802. The van der Waals surface area contributed by atoms with Crippen molar-refractivity contribution in [1.29, 1.82) is 0 Å². The molecule has 110 valence electrons. The van der Waals surface area contributed by atoms with Crippen molar-refractivity contribution in [2.24, 2.45) is 0 Å². The lowest BCUT2D eigenvalue weighted by Crippen LogP contribution is -2.13. The van der Waals surface area contributed by atoms with Crippen molar-refractivity contribution in [1.82, 2.24) is 15.0 Å². The third-order valence-electron chi connectivity index (χ3n) is 3.10. The number of aromatic nitrogens is 3. The minimum Gasteiger partial charge on any atom is -0.495 e. The van der Waals surface area contributed by atoms with Crippen LogP contribution >= 0.6 is 0 Å². The van der Waals surface area contributed by atoms with E-state index in [1.54, 1.807) is 30.1 Å². The van der Waals surface area contributed by atoms with Crippen LogP contribution in [0.4, 0.5) is 5.69 Å². The van der Waals surface area contributed by atoms with Gasteiger partial charge >= 0.3 is 0 Å². The number of nitrogens with zero attached hydrogens (tertiary/aromatic N) is 3. The lowest BCUT2D eigenvalue weighted by atomic mass is 10.3. The Morgan fingerprint density at radius 1 is 1.09 bits per heavy atom. The van der Waals surface area contributed by atoms with Crippen LogP contribution in [0.3, 0.4) is 0 Å². The van der Waals surface area contributed by atoms with Gasteiger partial charge < -0.3 is 10.1 Å². The maximum Gasteiger partial charge on any atom is 0.277 e. The monoisotopic (exact) mass is 294 g/mol. The van der Waals surface area contributed by atoms with Crippen LogP contribution in [-0.4, -0.2) is 28.0 Å². The largest absolute Gasteiger partial charge is 0.495 e. The predicted molar refractivity (Wildman–Crippen MR) is 82.3 cm³/mol. The highest BCUT2D eigenvalue weighted by Crippen LogP contribution is 2.23. The normalized spacial score (nSPS) is 10.2. The molecule has 1 N–H and O–H groups in total. The average molecular weight is 294 g/mol. The Kier molecular flexibility index (Phi) is 3.82. The SMILES string of the molecule is COc1ccccc1NC(=O)c1cn(-c2ccccc2)nn1. The summed E-state index contributed by atoms with van der Waals surface area (Å²) in [5.74, 6) is 0.248. The number of rotatable bonds is 4. The third kappa shape index (κ3) is 2.80. The molecule has 0 bridgehead atoms. The fourth-order valence-electron chi connectivity index (χ4n) is 2.01. The summed E-state index contributed by atoms with van der Waals surface area (Å²) in [5.41, 5.74) is 1.66. The summed E-state index contributed by atoms with van der Waals surface area (Å²) < 4.78 is 6.75. The molecule has 0 fully saturated rings.